The van der Waals surface area contributed by atoms with E-state index in [0.29, 0.717) is 13.0 Å². The van der Waals surface area contributed by atoms with Gasteiger partial charge < -0.3 is 15.5 Å². The summed E-state index contributed by atoms with van der Waals surface area (Å²) in [5, 5.41) is 9.71. The molecule has 7 heteroatoms. The highest BCUT2D eigenvalue weighted by Crippen LogP contribution is 2.09. The Hall–Kier alpha value is -1.63. The van der Waals surface area contributed by atoms with Crippen LogP contribution in [0.3, 0.4) is 0 Å². The largest absolute Gasteiger partial charge is 0.357 e. The molecular weight excluding hydrogens is 310 g/mol. The second-order valence-corrected chi connectivity index (χ2v) is 6.70. The number of thiazole rings is 1. The van der Waals surface area contributed by atoms with Crippen molar-refractivity contribution in [2.45, 2.75) is 39.5 Å². The number of likely N-dealkylation sites (tertiary alicyclic amines) is 1. The van der Waals surface area contributed by atoms with Gasteiger partial charge in [0, 0.05) is 44.4 Å². The highest BCUT2D eigenvalue weighted by molar-refractivity contribution is 7.09. The summed E-state index contributed by atoms with van der Waals surface area (Å²) in [5.41, 5.74) is 1.11. The van der Waals surface area contributed by atoms with Crippen molar-refractivity contribution in [1.82, 2.24) is 20.5 Å². The fraction of sp³-hybridized carbons (Fsp3) is 0.688. The van der Waals surface area contributed by atoms with E-state index in [2.05, 4.69) is 26.0 Å². The molecule has 1 fully saturated rings. The molecule has 23 heavy (non-hydrogen) atoms. The van der Waals surface area contributed by atoms with Crippen molar-refractivity contribution in [2.75, 3.05) is 32.7 Å². The van der Waals surface area contributed by atoms with E-state index >= 15 is 0 Å². The van der Waals surface area contributed by atoms with Crippen LogP contribution in [-0.4, -0.2) is 54.5 Å². The van der Waals surface area contributed by atoms with Gasteiger partial charge in [-0.15, -0.1) is 11.3 Å². The first kappa shape index (κ1) is 17.7. The maximum absolute atomic E-state index is 12.0. The molecule has 6 nitrogen and oxygen atoms in total. The van der Waals surface area contributed by atoms with Gasteiger partial charge in [0.05, 0.1) is 17.2 Å². The number of nitrogens with one attached hydrogen (secondary N) is 2. The molecule has 1 amide bonds. The zero-order chi connectivity index (χ0) is 16.5. The summed E-state index contributed by atoms with van der Waals surface area (Å²) < 4.78 is 0. The molecule has 0 saturated carbocycles. The van der Waals surface area contributed by atoms with Gasteiger partial charge in [-0.25, -0.2) is 4.98 Å². The van der Waals surface area contributed by atoms with Crippen LogP contribution in [0.5, 0.6) is 0 Å². The lowest BCUT2D eigenvalue weighted by Gasteiger charge is -2.15. The average molecular weight is 337 g/mol. The Labute approximate surface area is 142 Å². The molecule has 2 rings (SSSR count). The SMILES string of the molecule is CCNC(=NCCC(=O)N1CCCC1)NCCc1csc(C)n1. The van der Waals surface area contributed by atoms with Crippen molar-refractivity contribution < 1.29 is 4.79 Å². The second-order valence-electron chi connectivity index (χ2n) is 5.63. The number of hydrogen-bond donors (Lipinski definition) is 2. The quantitative estimate of drug-likeness (QED) is 0.585. The number of aryl methyl sites for hydroxylation is 1. The topological polar surface area (TPSA) is 69.6 Å². The Balaban J connectivity index is 1.71. The Morgan fingerprint density at radius 2 is 2.17 bits per heavy atom. The molecule has 1 aliphatic rings. The molecule has 1 saturated heterocycles. The van der Waals surface area contributed by atoms with Gasteiger partial charge in [0.25, 0.3) is 0 Å². The molecule has 2 N–H and O–H groups in total. The van der Waals surface area contributed by atoms with Crippen molar-refractivity contribution in [2.24, 2.45) is 4.99 Å². The van der Waals surface area contributed by atoms with E-state index in [0.717, 1.165) is 62.1 Å². The van der Waals surface area contributed by atoms with E-state index in [1.54, 1.807) is 11.3 Å². The third-order valence-corrected chi connectivity index (χ3v) is 4.56. The number of aromatic nitrogens is 1. The zero-order valence-electron chi connectivity index (χ0n) is 14.1. The van der Waals surface area contributed by atoms with Gasteiger partial charge in [0.1, 0.15) is 0 Å². The summed E-state index contributed by atoms with van der Waals surface area (Å²) in [6.07, 6.45) is 3.63. The predicted molar refractivity (Wildman–Crippen MR) is 95.0 cm³/mol. The monoisotopic (exact) mass is 337 g/mol. The molecule has 0 radical (unpaired) electrons. The number of carbonyl (C=O) groups excluding carboxylic acids is 1. The number of rotatable bonds is 7. The van der Waals surface area contributed by atoms with Crippen LogP contribution in [0.25, 0.3) is 0 Å². The number of hydrogen-bond acceptors (Lipinski definition) is 4. The number of guanidine groups is 1. The van der Waals surface area contributed by atoms with E-state index in [1.807, 2.05) is 18.7 Å². The van der Waals surface area contributed by atoms with Gasteiger partial charge in [-0.3, -0.25) is 9.79 Å². The van der Waals surface area contributed by atoms with E-state index in [1.165, 1.54) is 0 Å². The second kappa shape index (κ2) is 9.50. The summed E-state index contributed by atoms with van der Waals surface area (Å²) >= 11 is 1.68. The minimum Gasteiger partial charge on any atom is -0.357 e. The van der Waals surface area contributed by atoms with Crippen LogP contribution in [0.2, 0.25) is 0 Å². The first-order valence-electron chi connectivity index (χ1n) is 8.40. The summed E-state index contributed by atoms with van der Waals surface area (Å²) in [7, 11) is 0. The van der Waals surface area contributed by atoms with E-state index in [4.69, 9.17) is 0 Å². The molecule has 1 aromatic rings. The van der Waals surface area contributed by atoms with Crippen LogP contribution in [0.15, 0.2) is 10.4 Å². The maximum Gasteiger partial charge on any atom is 0.224 e. The molecule has 2 heterocycles. The molecular formula is C16H27N5OS. The average Bonchev–Trinajstić information content (AvgIpc) is 3.19. The summed E-state index contributed by atoms with van der Waals surface area (Å²) in [4.78, 5) is 22.9. The van der Waals surface area contributed by atoms with E-state index in [-0.39, 0.29) is 5.91 Å². The minimum atomic E-state index is 0.222. The predicted octanol–water partition coefficient (Wildman–Crippen LogP) is 1.56. The number of aliphatic imine (C=N–C) groups is 1. The Kier molecular flexibility index (Phi) is 7.32. The number of carbonyl (C=O) groups is 1. The highest BCUT2D eigenvalue weighted by atomic mass is 32.1. The normalized spacial score (nSPS) is 15.0. The van der Waals surface area contributed by atoms with Gasteiger partial charge in [-0.2, -0.15) is 0 Å². The van der Waals surface area contributed by atoms with Crippen LogP contribution in [0.1, 0.15) is 36.9 Å². The minimum absolute atomic E-state index is 0.222. The van der Waals surface area contributed by atoms with Crippen molar-refractivity contribution in [3.05, 3.63) is 16.1 Å². The van der Waals surface area contributed by atoms with Gasteiger partial charge in [0.2, 0.25) is 5.91 Å². The van der Waals surface area contributed by atoms with Gasteiger partial charge in [-0.1, -0.05) is 0 Å². The first-order valence-corrected chi connectivity index (χ1v) is 9.28. The van der Waals surface area contributed by atoms with Crippen LogP contribution in [-0.2, 0) is 11.2 Å². The summed E-state index contributed by atoms with van der Waals surface area (Å²) in [6.45, 7) is 8.00. The van der Waals surface area contributed by atoms with Gasteiger partial charge >= 0.3 is 0 Å². The highest BCUT2D eigenvalue weighted by Gasteiger charge is 2.16. The van der Waals surface area contributed by atoms with Gasteiger partial charge in [0.15, 0.2) is 5.96 Å². The number of nitrogens with zero attached hydrogens (tertiary/aromatic N) is 3. The fourth-order valence-electron chi connectivity index (χ4n) is 2.56. The molecule has 0 unspecified atom stereocenters. The summed E-state index contributed by atoms with van der Waals surface area (Å²) in [5.74, 6) is 0.994. The Morgan fingerprint density at radius 1 is 1.39 bits per heavy atom. The lowest BCUT2D eigenvalue weighted by Crippen LogP contribution is -2.38. The molecule has 0 aromatic carbocycles. The van der Waals surface area contributed by atoms with E-state index in [9.17, 15) is 4.79 Å². The van der Waals surface area contributed by atoms with Crippen molar-refractivity contribution in [3.8, 4) is 0 Å². The molecule has 0 aliphatic carbocycles. The lowest BCUT2D eigenvalue weighted by molar-refractivity contribution is -0.129. The smallest absolute Gasteiger partial charge is 0.224 e. The third-order valence-electron chi connectivity index (χ3n) is 3.74. The van der Waals surface area contributed by atoms with Crippen molar-refractivity contribution in [1.29, 1.82) is 0 Å². The lowest BCUT2D eigenvalue weighted by atomic mass is 10.3. The zero-order valence-corrected chi connectivity index (χ0v) is 14.9. The van der Waals surface area contributed by atoms with E-state index < -0.39 is 0 Å². The van der Waals surface area contributed by atoms with Crippen LogP contribution in [0, 0.1) is 6.92 Å². The molecule has 1 aliphatic heterocycles. The van der Waals surface area contributed by atoms with Crippen LogP contribution < -0.4 is 10.6 Å². The number of amides is 1. The Morgan fingerprint density at radius 3 is 2.83 bits per heavy atom. The first-order chi connectivity index (χ1) is 11.2. The molecule has 128 valence electrons. The van der Waals surface area contributed by atoms with Crippen molar-refractivity contribution in [3.63, 3.8) is 0 Å². The molecule has 0 spiro atoms. The molecule has 1 aromatic heterocycles. The molecule has 0 atom stereocenters. The maximum atomic E-state index is 12.0. The van der Waals surface area contributed by atoms with Gasteiger partial charge in [-0.05, 0) is 26.7 Å². The molecule has 0 bridgehead atoms. The van der Waals surface area contributed by atoms with Crippen LogP contribution in [0.4, 0.5) is 0 Å². The standard InChI is InChI=1S/C16H27N5OS/c1-3-17-16(18-8-6-14-12-23-13(2)20-14)19-9-7-15(22)21-10-4-5-11-21/h12H,3-11H2,1-2H3,(H2,17,18,19). The van der Waals surface area contributed by atoms with Crippen LogP contribution >= 0.6 is 11.3 Å². The third kappa shape index (κ3) is 6.17. The summed E-state index contributed by atoms with van der Waals surface area (Å²) in [6, 6.07) is 0. The Bertz CT molecular complexity index is 522. The fourth-order valence-corrected chi connectivity index (χ4v) is 3.21. The van der Waals surface area contributed by atoms with Crippen molar-refractivity contribution >= 4 is 23.2 Å².